The highest BCUT2D eigenvalue weighted by molar-refractivity contribution is 7.49. The topological polar surface area (TPSA) is 106 Å². The number of rotatable bonds is 14. The van der Waals surface area contributed by atoms with E-state index in [2.05, 4.69) is 75.6 Å². The summed E-state index contributed by atoms with van der Waals surface area (Å²) in [4.78, 5) is 29.5. The second-order valence-corrected chi connectivity index (χ2v) is 11.1. The van der Waals surface area contributed by atoms with Crippen molar-refractivity contribution in [3.05, 3.63) is 49.1 Å². The van der Waals surface area contributed by atoms with Crippen LogP contribution in [0.15, 0.2) is 49.1 Å². The van der Waals surface area contributed by atoms with Gasteiger partial charge >= 0.3 is 7.75 Å². The zero-order valence-corrected chi connectivity index (χ0v) is 21.8. The summed E-state index contributed by atoms with van der Waals surface area (Å²) in [5.41, 5.74) is 0. The lowest BCUT2D eigenvalue weighted by Crippen LogP contribution is -2.33. The molecule has 1 amide bonds. The van der Waals surface area contributed by atoms with E-state index in [1.54, 1.807) is 0 Å². The van der Waals surface area contributed by atoms with Crippen LogP contribution in [0.3, 0.4) is 0 Å². The fourth-order valence-corrected chi connectivity index (χ4v) is 5.38. The van der Waals surface area contributed by atoms with E-state index >= 15 is 0 Å². The number of hydrogen-bond donors (Lipinski definition) is 4. The zero-order valence-electron chi connectivity index (χ0n) is 20.9. The number of nitrogens with one attached hydrogen (secondary N) is 2. The number of amides is 1. The molecule has 0 bridgehead atoms. The van der Waals surface area contributed by atoms with Gasteiger partial charge in [-0.3, -0.25) is 4.79 Å². The zero-order chi connectivity index (χ0) is 25.5. The van der Waals surface area contributed by atoms with Crippen molar-refractivity contribution in [1.82, 2.24) is 10.4 Å². The van der Waals surface area contributed by atoms with Gasteiger partial charge in [0.05, 0.1) is 0 Å². The van der Waals surface area contributed by atoms with Crippen molar-refractivity contribution in [1.29, 1.82) is 0 Å². The first-order chi connectivity index (χ1) is 17.3. The SMILES string of the molecule is C[n+]1cc2ccc3c[n+](CCCCCC(=O)NCCCCCCNP(=O)(O)O)cc4ccc(c1)c2c34. The van der Waals surface area contributed by atoms with Crippen molar-refractivity contribution in [3.8, 4) is 0 Å². The fraction of sp³-hybridized carbons (Fsp3) is 0.444. The maximum atomic E-state index is 12.1. The molecule has 0 radical (unpaired) electrons. The third-order valence-corrected chi connectivity index (χ3v) is 7.28. The van der Waals surface area contributed by atoms with E-state index in [4.69, 9.17) is 9.79 Å². The smallest absolute Gasteiger partial charge is 0.356 e. The molecule has 2 aromatic heterocycles. The maximum absolute atomic E-state index is 12.1. The number of benzene rings is 2. The first-order valence-electron chi connectivity index (χ1n) is 12.8. The Bertz CT molecular complexity index is 1300. The van der Waals surface area contributed by atoms with Crippen LogP contribution in [-0.4, -0.2) is 28.8 Å². The molecule has 0 saturated heterocycles. The lowest BCUT2D eigenvalue weighted by molar-refractivity contribution is -0.695. The van der Waals surface area contributed by atoms with Gasteiger partial charge in [-0.2, -0.15) is 0 Å². The van der Waals surface area contributed by atoms with Gasteiger partial charge in [0.15, 0.2) is 24.8 Å². The molecule has 0 unspecified atom stereocenters. The molecule has 0 fully saturated rings. The third kappa shape index (κ3) is 7.20. The van der Waals surface area contributed by atoms with E-state index in [1.165, 1.54) is 32.3 Å². The van der Waals surface area contributed by atoms with Gasteiger partial charge in [0.2, 0.25) is 5.91 Å². The van der Waals surface area contributed by atoms with Gasteiger partial charge in [-0.05, 0) is 49.9 Å². The molecule has 0 atom stereocenters. The standard InChI is InChI=1S/C27H35N4O4P/c1-30-17-21-10-12-23-19-31(20-24-13-11-22(18-30)26(21)27(23)24)16-8-4-5-9-25(32)28-14-6-2-3-7-15-29-36(33,34)35/h10-13,17-20H,2-9,14-16H2,1H3,(H2-2,28,29,32,33,34,35)/p+2. The van der Waals surface area contributed by atoms with Gasteiger partial charge in [0, 0.05) is 58.2 Å². The molecule has 4 aromatic rings. The van der Waals surface area contributed by atoms with Crippen LogP contribution in [0, 0.1) is 0 Å². The van der Waals surface area contributed by atoms with Gasteiger partial charge < -0.3 is 15.1 Å². The molecule has 0 aliphatic carbocycles. The summed E-state index contributed by atoms with van der Waals surface area (Å²) in [7, 11) is -2.04. The number of aryl methyl sites for hydroxylation is 2. The number of hydrogen-bond acceptors (Lipinski definition) is 2. The second kappa shape index (κ2) is 12.1. The minimum Gasteiger partial charge on any atom is -0.356 e. The Labute approximate surface area is 211 Å². The Morgan fingerprint density at radius 1 is 0.778 bits per heavy atom. The van der Waals surface area contributed by atoms with Crippen molar-refractivity contribution in [2.45, 2.75) is 57.9 Å². The van der Waals surface area contributed by atoms with Crippen molar-refractivity contribution in [2.75, 3.05) is 13.1 Å². The summed E-state index contributed by atoms with van der Waals surface area (Å²) >= 11 is 0. The van der Waals surface area contributed by atoms with Crippen LogP contribution >= 0.6 is 7.75 Å². The van der Waals surface area contributed by atoms with Crippen molar-refractivity contribution < 1.29 is 28.3 Å². The molecule has 192 valence electrons. The van der Waals surface area contributed by atoms with Crippen LogP contribution in [0.5, 0.6) is 0 Å². The molecule has 2 heterocycles. The summed E-state index contributed by atoms with van der Waals surface area (Å²) in [5, 5.41) is 12.9. The van der Waals surface area contributed by atoms with E-state index in [-0.39, 0.29) is 5.91 Å². The van der Waals surface area contributed by atoms with Gasteiger partial charge in [-0.25, -0.2) is 18.8 Å². The lowest BCUT2D eigenvalue weighted by Gasteiger charge is -2.09. The Morgan fingerprint density at radius 2 is 1.31 bits per heavy atom. The summed E-state index contributed by atoms with van der Waals surface area (Å²) in [6.07, 6.45) is 15.7. The van der Waals surface area contributed by atoms with Gasteiger partial charge in [-0.1, -0.05) is 12.8 Å². The number of nitrogens with zero attached hydrogens (tertiary/aromatic N) is 2. The van der Waals surface area contributed by atoms with Crippen LogP contribution in [0.1, 0.15) is 51.4 Å². The van der Waals surface area contributed by atoms with E-state index in [0.717, 1.165) is 45.1 Å². The van der Waals surface area contributed by atoms with Crippen LogP contribution in [-0.2, 0) is 23.0 Å². The number of carbonyl (C=O) groups excluding carboxylic acids is 1. The molecular formula is C27H37N4O4P+2. The number of pyridine rings is 2. The molecule has 4 N–H and O–H groups in total. The Hall–Kier alpha value is -2.64. The summed E-state index contributed by atoms with van der Waals surface area (Å²) in [6, 6.07) is 8.84. The van der Waals surface area contributed by atoms with Crippen molar-refractivity contribution >= 4 is 46.0 Å². The predicted octanol–water partition coefficient (Wildman–Crippen LogP) is 3.62. The number of unbranched alkanes of at least 4 members (excludes halogenated alkanes) is 5. The average Bonchev–Trinajstić information content (AvgIpc) is 2.82. The summed E-state index contributed by atoms with van der Waals surface area (Å²) in [5.74, 6) is 0.0992. The Morgan fingerprint density at radius 3 is 1.89 bits per heavy atom. The highest BCUT2D eigenvalue weighted by Gasteiger charge is 2.15. The highest BCUT2D eigenvalue weighted by Crippen LogP contribution is 2.32. The first kappa shape index (κ1) is 26.4. The molecule has 8 nitrogen and oxygen atoms in total. The first-order valence-corrected chi connectivity index (χ1v) is 14.5. The van der Waals surface area contributed by atoms with E-state index in [9.17, 15) is 9.36 Å². The van der Waals surface area contributed by atoms with Gasteiger partial charge in [0.25, 0.3) is 0 Å². The van der Waals surface area contributed by atoms with Crippen molar-refractivity contribution in [2.24, 2.45) is 7.05 Å². The average molecular weight is 513 g/mol. The monoisotopic (exact) mass is 512 g/mol. The molecular weight excluding hydrogens is 475 g/mol. The minimum atomic E-state index is -4.11. The minimum absolute atomic E-state index is 0.0992. The number of carbonyl (C=O) groups is 1. The largest absolute Gasteiger partial charge is 0.400 e. The molecule has 9 heteroatoms. The van der Waals surface area contributed by atoms with Crippen molar-refractivity contribution in [3.63, 3.8) is 0 Å². The highest BCUT2D eigenvalue weighted by atomic mass is 31.2. The molecule has 4 rings (SSSR count). The molecule has 36 heavy (non-hydrogen) atoms. The Kier molecular flexibility index (Phi) is 8.86. The van der Waals surface area contributed by atoms with Crippen LogP contribution in [0.25, 0.3) is 32.3 Å². The van der Waals surface area contributed by atoms with Crippen LogP contribution < -0.4 is 19.5 Å². The molecule has 0 aliphatic heterocycles. The van der Waals surface area contributed by atoms with Gasteiger partial charge in [0.1, 0.15) is 13.6 Å². The lowest BCUT2D eigenvalue weighted by atomic mass is 9.97. The molecule has 0 saturated carbocycles. The maximum Gasteiger partial charge on any atom is 0.400 e. The summed E-state index contributed by atoms with van der Waals surface area (Å²) in [6.45, 7) is 1.90. The molecule has 0 aliphatic rings. The normalized spacial score (nSPS) is 12.2. The van der Waals surface area contributed by atoms with E-state index < -0.39 is 7.75 Å². The molecule has 2 aromatic carbocycles. The van der Waals surface area contributed by atoms with Gasteiger partial charge in [-0.15, -0.1) is 0 Å². The summed E-state index contributed by atoms with van der Waals surface area (Å²) < 4.78 is 15.1. The third-order valence-electron chi connectivity index (χ3n) is 6.65. The van der Waals surface area contributed by atoms with E-state index in [1.807, 2.05) is 0 Å². The van der Waals surface area contributed by atoms with Crippen LogP contribution in [0.4, 0.5) is 0 Å². The predicted molar refractivity (Wildman–Crippen MR) is 142 cm³/mol. The Balaban J connectivity index is 1.15. The van der Waals surface area contributed by atoms with Crippen LogP contribution in [0.2, 0.25) is 0 Å². The second-order valence-electron chi connectivity index (χ2n) is 9.68. The fourth-order valence-electron chi connectivity index (χ4n) is 4.93. The molecule has 0 spiro atoms. The number of aromatic nitrogens is 2. The van der Waals surface area contributed by atoms with E-state index in [0.29, 0.717) is 25.9 Å². The quantitative estimate of drug-likeness (QED) is 0.0894.